The van der Waals surface area contributed by atoms with Crippen molar-refractivity contribution in [3.8, 4) is 11.8 Å². The maximum Gasteiger partial charge on any atom is 0.261 e. The smallest absolute Gasteiger partial charge is 0.261 e. The fraction of sp³-hybridized carbons (Fsp3) is 0.250. The van der Waals surface area contributed by atoms with Gasteiger partial charge in [-0.1, -0.05) is 11.8 Å². The number of amides is 1. The Hall–Kier alpha value is -2.16. The van der Waals surface area contributed by atoms with Gasteiger partial charge in [-0.3, -0.25) is 9.78 Å². The van der Waals surface area contributed by atoms with E-state index in [0.717, 1.165) is 21.6 Å². The lowest BCUT2D eigenvalue weighted by Crippen LogP contribution is -2.22. The van der Waals surface area contributed by atoms with Crippen LogP contribution in [0.5, 0.6) is 0 Å². The van der Waals surface area contributed by atoms with Crippen LogP contribution in [0.3, 0.4) is 0 Å². The van der Waals surface area contributed by atoms with Gasteiger partial charge in [0.25, 0.3) is 5.91 Å². The number of hydrogen-bond acceptors (Lipinski definition) is 4. The molecule has 0 unspecified atom stereocenters. The van der Waals surface area contributed by atoms with E-state index in [2.05, 4.69) is 22.1 Å². The number of nitrogens with one attached hydrogen (secondary N) is 1. The lowest BCUT2D eigenvalue weighted by Gasteiger charge is -2.05. The number of carbonyl (C=O) groups is 1. The quantitative estimate of drug-likeness (QED) is 0.852. The summed E-state index contributed by atoms with van der Waals surface area (Å²) in [5.74, 6) is 5.70. The molecular formula is C16H17N3OS. The Bertz CT molecular complexity index is 710. The van der Waals surface area contributed by atoms with Crippen molar-refractivity contribution in [2.75, 3.05) is 6.54 Å². The molecule has 21 heavy (non-hydrogen) atoms. The zero-order valence-electron chi connectivity index (χ0n) is 12.1. The Balaban J connectivity index is 2.06. The molecule has 0 aliphatic carbocycles. The first kappa shape index (κ1) is 15.2. The lowest BCUT2D eigenvalue weighted by atomic mass is 10.1. The summed E-state index contributed by atoms with van der Waals surface area (Å²) in [5.41, 5.74) is 8.50. The Labute approximate surface area is 128 Å². The maximum atomic E-state index is 12.2. The molecule has 0 aliphatic heterocycles. The minimum absolute atomic E-state index is 0.0906. The van der Waals surface area contributed by atoms with Gasteiger partial charge in [-0.2, -0.15) is 0 Å². The van der Waals surface area contributed by atoms with E-state index in [0.29, 0.717) is 18.0 Å². The third-order valence-electron chi connectivity index (χ3n) is 3.03. The second-order valence-electron chi connectivity index (χ2n) is 4.61. The number of pyridine rings is 1. The summed E-state index contributed by atoms with van der Waals surface area (Å²) in [5, 5.41) is 2.91. The number of aryl methyl sites for hydroxylation is 2. The van der Waals surface area contributed by atoms with Crippen molar-refractivity contribution < 1.29 is 4.79 Å². The van der Waals surface area contributed by atoms with Crippen LogP contribution < -0.4 is 11.1 Å². The van der Waals surface area contributed by atoms with Crippen molar-refractivity contribution in [2.24, 2.45) is 5.73 Å². The van der Waals surface area contributed by atoms with Crippen molar-refractivity contribution in [3.05, 3.63) is 51.0 Å². The molecule has 0 saturated heterocycles. The summed E-state index contributed by atoms with van der Waals surface area (Å²) >= 11 is 1.39. The molecule has 2 heterocycles. The average Bonchev–Trinajstić information content (AvgIpc) is 2.85. The third kappa shape index (κ3) is 3.91. The number of thiophene rings is 1. The largest absolute Gasteiger partial charge is 0.347 e. The molecule has 2 aromatic rings. The van der Waals surface area contributed by atoms with Crippen LogP contribution in [-0.4, -0.2) is 17.4 Å². The Morgan fingerprint density at radius 1 is 1.43 bits per heavy atom. The van der Waals surface area contributed by atoms with Gasteiger partial charge in [-0.25, -0.2) is 0 Å². The van der Waals surface area contributed by atoms with Crippen LogP contribution in [0, 0.1) is 25.7 Å². The Morgan fingerprint density at radius 3 is 2.95 bits per heavy atom. The van der Waals surface area contributed by atoms with Crippen molar-refractivity contribution in [2.45, 2.75) is 20.4 Å². The molecule has 0 aromatic carbocycles. The Morgan fingerprint density at radius 2 is 2.24 bits per heavy atom. The van der Waals surface area contributed by atoms with Crippen LogP contribution in [0.4, 0.5) is 0 Å². The molecule has 0 radical (unpaired) electrons. The van der Waals surface area contributed by atoms with Crippen molar-refractivity contribution in [1.82, 2.24) is 10.3 Å². The van der Waals surface area contributed by atoms with E-state index in [-0.39, 0.29) is 5.91 Å². The first-order valence-corrected chi connectivity index (χ1v) is 7.40. The van der Waals surface area contributed by atoms with E-state index in [1.54, 1.807) is 12.4 Å². The SMILES string of the molecule is Cc1ccncc1CNC(=O)c1cc(C)c(C#CCN)s1. The summed E-state index contributed by atoms with van der Waals surface area (Å²) in [4.78, 5) is 17.8. The lowest BCUT2D eigenvalue weighted by molar-refractivity contribution is 0.0955. The van der Waals surface area contributed by atoms with Crippen molar-refractivity contribution in [1.29, 1.82) is 0 Å². The van der Waals surface area contributed by atoms with Gasteiger partial charge in [0.15, 0.2) is 0 Å². The number of nitrogens with zero attached hydrogens (tertiary/aromatic N) is 1. The number of aromatic nitrogens is 1. The highest BCUT2D eigenvalue weighted by atomic mass is 32.1. The second-order valence-corrected chi connectivity index (χ2v) is 5.67. The van der Waals surface area contributed by atoms with Gasteiger partial charge in [-0.05, 0) is 42.7 Å². The van der Waals surface area contributed by atoms with Crippen molar-refractivity contribution in [3.63, 3.8) is 0 Å². The molecule has 0 saturated carbocycles. The van der Waals surface area contributed by atoms with E-state index >= 15 is 0 Å². The number of carbonyl (C=O) groups excluding carboxylic acids is 1. The van der Waals surface area contributed by atoms with E-state index in [9.17, 15) is 4.79 Å². The van der Waals surface area contributed by atoms with Gasteiger partial charge >= 0.3 is 0 Å². The topological polar surface area (TPSA) is 68.0 Å². The zero-order valence-corrected chi connectivity index (χ0v) is 12.9. The van der Waals surface area contributed by atoms with Gasteiger partial charge in [-0.15, -0.1) is 11.3 Å². The number of rotatable bonds is 3. The number of nitrogens with two attached hydrogens (primary N) is 1. The highest BCUT2D eigenvalue weighted by Gasteiger charge is 2.11. The van der Waals surface area contributed by atoms with E-state index in [1.807, 2.05) is 26.0 Å². The van der Waals surface area contributed by atoms with E-state index in [1.165, 1.54) is 11.3 Å². The normalized spacial score (nSPS) is 9.86. The molecule has 108 valence electrons. The average molecular weight is 299 g/mol. The summed E-state index contributed by atoms with van der Waals surface area (Å²) in [6.45, 7) is 4.73. The predicted molar refractivity (Wildman–Crippen MR) is 85.1 cm³/mol. The highest BCUT2D eigenvalue weighted by Crippen LogP contribution is 2.21. The molecule has 3 N–H and O–H groups in total. The zero-order chi connectivity index (χ0) is 15.2. The van der Waals surface area contributed by atoms with Crippen molar-refractivity contribution >= 4 is 17.2 Å². The second kappa shape index (κ2) is 7.02. The van der Waals surface area contributed by atoms with Crippen LogP contribution in [0.15, 0.2) is 24.5 Å². The van der Waals surface area contributed by atoms with Gasteiger partial charge in [0.1, 0.15) is 0 Å². The molecule has 0 atom stereocenters. The molecule has 1 amide bonds. The van der Waals surface area contributed by atoms with Crippen LogP contribution in [0.2, 0.25) is 0 Å². The molecule has 0 aliphatic rings. The van der Waals surface area contributed by atoms with E-state index < -0.39 is 0 Å². The summed E-state index contributed by atoms with van der Waals surface area (Å²) in [7, 11) is 0. The van der Waals surface area contributed by atoms with Crippen LogP contribution >= 0.6 is 11.3 Å². The number of hydrogen-bond donors (Lipinski definition) is 2. The first-order chi connectivity index (χ1) is 10.1. The predicted octanol–water partition coefficient (Wildman–Crippen LogP) is 2.00. The highest BCUT2D eigenvalue weighted by molar-refractivity contribution is 7.14. The fourth-order valence-corrected chi connectivity index (χ4v) is 2.76. The van der Waals surface area contributed by atoms with Gasteiger partial charge in [0.2, 0.25) is 0 Å². The molecule has 0 fully saturated rings. The molecule has 2 rings (SSSR count). The fourth-order valence-electron chi connectivity index (χ4n) is 1.79. The van der Waals surface area contributed by atoms with E-state index in [4.69, 9.17) is 5.73 Å². The summed E-state index contributed by atoms with van der Waals surface area (Å²) in [6, 6.07) is 3.79. The van der Waals surface area contributed by atoms with Gasteiger partial charge < -0.3 is 11.1 Å². The molecule has 4 nitrogen and oxygen atoms in total. The molecule has 0 spiro atoms. The van der Waals surface area contributed by atoms with Crippen LogP contribution in [0.1, 0.15) is 31.2 Å². The molecule has 0 bridgehead atoms. The summed E-state index contributed by atoms with van der Waals surface area (Å²) < 4.78 is 0. The standard InChI is InChI=1S/C16H17N3OS/c1-11-5-7-18-9-13(11)10-19-16(20)15-8-12(2)14(21-15)4-3-6-17/h5,7-9H,6,10,17H2,1-2H3,(H,19,20). The van der Waals surface area contributed by atoms with Gasteiger partial charge in [0.05, 0.1) is 16.3 Å². The minimum Gasteiger partial charge on any atom is -0.347 e. The first-order valence-electron chi connectivity index (χ1n) is 6.59. The molecule has 5 heteroatoms. The van der Waals surface area contributed by atoms with Crippen LogP contribution in [0.25, 0.3) is 0 Å². The third-order valence-corrected chi connectivity index (χ3v) is 4.18. The molecule has 2 aromatic heterocycles. The maximum absolute atomic E-state index is 12.2. The monoisotopic (exact) mass is 299 g/mol. The minimum atomic E-state index is -0.0906. The molecular weight excluding hydrogens is 282 g/mol. The Kier molecular flexibility index (Phi) is 5.09. The van der Waals surface area contributed by atoms with Gasteiger partial charge in [0, 0.05) is 18.9 Å². The van der Waals surface area contributed by atoms with Crippen LogP contribution in [-0.2, 0) is 6.54 Å². The summed E-state index contributed by atoms with van der Waals surface area (Å²) in [6.07, 6.45) is 3.51.